The van der Waals surface area contributed by atoms with Gasteiger partial charge in [0.05, 0.1) is 29.1 Å². The van der Waals surface area contributed by atoms with Crippen LogP contribution in [0.4, 0.5) is 0 Å². The van der Waals surface area contributed by atoms with Crippen molar-refractivity contribution in [2.75, 3.05) is 7.11 Å². The molecule has 0 amide bonds. The molecular weight excluding hydrogens is 326 g/mol. The molecule has 0 saturated heterocycles. The predicted octanol–water partition coefficient (Wildman–Crippen LogP) is 2.50. The molecule has 1 heterocycles. The Morgan fingerprint density at radius 2 is 1.67 bits per heavy atom. The van der Waals surface area contributed by atoms with Gasteiger partial charge in [0.1, 0.15) is 5.75 Å². The highest BCUT2D eigenvalue weighted by Gasteiger charge is 2.12. The van der Waals surface area contributed by atoms with E-state index in [1.807, 2.05) is 37.3 Å². The third kappa shape index (κ3) is 3.17. The summed E-state index contributed by atoms with van der Waals surface area (Å²) in [4.78, 5) is 0.0705. The summed E-state index contributed by atoms with van der Waals surface area (Å²) in [5.41, 5.74) is 3.49. The van der Waals surface area contributed by atoms with E-state index in [1.165, 1.54) is 12.1 Å². The molecule has 0 aliphatic heterocycles. The molecule has 0 fully saturated rings. The van der Waals surface area contributed by atoms with Gasteiger partial charge in [-0.25, -0.2) is 18.2 Å². The Bertz CT molecular complexity index is 959. The number of rotatable bonds is 4. The van der Waals surface area contributed by atoms with Crippen LogP contribution in [0.15, 0.2) is 59.5 Å². The van der Waals surface area contributed by atoms with Crippen LogP contribution in [0.25, 0.3) is 16.9 Å². The molecule has 3 aromatic rings. The Hall–Kier alpha value is -2.64. The number of sulfonamides is 1. The molecule has 1 aromatic heterocycles. The van der Waals surface area contributed by atoms with Crippen molar-refractivity contribution in [3.8, 4) is 22.7 Å². The molecule has 0 unspecified atom stereocenters. The van der Waals surface area contributed by atoms with E-state index < -0.39 is 10.0 Å². The van der Waals surface area contributed by atoms with Gasteiger partial charge >= 0.3 is 0 Å². The molecule has 0 aliphatic carbocycles. The maximum absolute atomic E-state index is 11.4. The number of aromatic nitrogens is 2. The Morgan fingerprint density at radius 3 is 2.21 bits per heavy atom. The number of primary sulfonamides is 1. The summed E-state index contributed by atoms with van der Waals surface area (Å²) in [6.45, 7) is 1.90. The predicted molar refractivity (Wildman–Crippen MR) is 91.7 cm³/mol. The zero-order valence-corrected chi connectivity index (χ0v) is 14.1. The maximum atomic E-state index is 11.4. The standard InChI is InChI=1S/C17H17N3O3S/c1-12-11-17(13-3-7-15(23-2)8-4-13)20(19-12)14-5-9-16(10-6-14)24(18,21)22/h3-11H,1-2H3,(H2,18,21,22). The van der Waals surface area contributed by atoms with Crippen molar-refractivity contribution in [2.24, 2.45) is 5.14 Å². The summed E-state index contributed by atoms with van der Waals surface area (Å²) in [7, 11) is -2.09. The third-order valence-corrected chi connectivity index (χ3v) is 4.56. The van der Waals surface area contributed by atoms with Gasteiger partial charge < -0.3 is 4.74 Å². The number of hydrogen-bond donors (Lipinski definition) is 1. The van der Waals surface area contributed by atoms with Gasteiger partial charge in [0.2, 0.25) is 10.0 Å². The quantitative estimate of drug-likeness (QED) is 0.788. The molecule has 0 spiro atoms. The number of hydrogen-bond acceptors (Lipinski definition) is 4. The molecule has 0 radical (unpaired) electrons. The van der Waals surface area contributed by atoms with Crippen molar-refractivity contribution in [3.63, 3.8) is 0 Å². The number of ether oxygens (including phenoxy) is 1. The van der Waals surface area contributed by atoms with Crippen LogP contribution < -0.4 is 9.88 Å². The van der Waals surface area contributed by atoms with Crippen LogP contribution in [0.5, 0.6) is 5.75 Å². The Labute approximate surface area is 140 Å². The number of nitrogens with two attached hydrogens (primary N) is 1. The second-order valence-corrected chi connectivity index (χ2v) is 6.91. The molecule has 0 atom stereocenters. The molecule has 24 heavy (non-hydrogen) atoms. The minimum atomic E-state index is -3.71. The lowest BCUT2D eigenvalue weighted by molar-refractivity contribution is 0.415. The first-order chi connectivity index (χ1) is 11.4. The number of aryl methyl sites for hydroxylation is 1. The normalized spacial score (nSPS) is 11.5. The second-order valence-electron chi connectivity index (χ2n) is 5.35. The van der Waals surface area contributed by atoms with Gasteiger partial charge in [-0.05, 0) is 61.5 Å². The smallest absolute Gasteiger partial charge is 0.238 e. The SMILES string of the molecule is COc1ccc(-c2cc(C)nn2-c2ccc(S(N)(=O)=O)cc2)cc1. The molecule has 7 heteroatoms. The molecule has 6 nitrogen and oxygen atoms in total. The maximum Gasteiger partial charge on any atom is 0.238 e. The van der Waals surface area contributed by atoms with Crippen molar-refractivity contribution in [3.05, 3.63) is 60.3 Å². The van der Waals surface area contributed by atoms with E-state index in [2.05, 4.69) is 5.10 Å². The van der Waals surface area contributed by atoms with E-state index >= 15 is 0 Å². The molecule has 3 rings (SSSR count). The van der Waals surface area contributed by atoms with Gasteiger partial charge in [-0.2, -0.15) is 5.10 Å². The first-order valence-corrected chi connectivity index (χ1v) is 8.77. The van der Waals surface area contributed by atoms with Crippen LogP contribution in [0, 0.1) is 6.92 Å². The molecule has 2 aromatic carbocycles. The van der Waals surface area contributed by atoms with Crippen LogP contribution in [0.1, 0.15) is 5.69 Å². The molecule has 124 valence electrons. The third-order valence-electron chi connectivity index (χ3n) is 3.63. The van der Waals surface area contributed by atoms with E-state index in [9.17, 15) is 8.42 Å². The fourth-order valence-electron chi connectivity index (χ4n) is 2.44. The van der Waals surface area contributed by atoms with Crippen LogP contribution in [-0.4, -0.2) is 25.3 Å². The monoisotopic (exact) mass is 343 g/mol. The fraction of sp³-hybridized carbons (Fsp3) is 0.118. The van der Waals surface area contributed by atoms with Crippen LogP contribution >= 0.6 is 0 Å². The van der Waals surface area contributed by atoms with Crippen molar-refractivity contribution < 1.29 is 13.2 Å². The van der Waals surface area contributed by atoms with E-state index in [0.29, 0.717) is 0 Å². The van der Waals surface area contributed by atoms with E-state index in [-0.39, 0.29) is 4.90 Å². The fourth-order valence-corrected chi connectivity index (χ4v) is 2.96. The number of methoxy groups -OCH3 is 1. The zero-order chi connectivity index (χ0) is 17.3. The van der Waals surface area contributed by atoms with Gasteiger partial charge in [0.15, 0.2) is 0 Å². The molecule has 0 bridgehead atoms. The van der Waals surface area contributed by atoms with Gasteiger partial charge in [-0.1, -0.05) is 0 Å². The van der Waals surface area contributed by atoms with Gasteiger partial charge in [-0.3, -0.25) is 0 Å². The van der Waals surface area contributed by atoms with Gasteiger partial charge in [-0.15, -0.1) is 0 Å². The minimum Gasteiger partial charge on any atom is -0.497 e. The minimum absolute atomic E-state index is 0.0705. The van der Waals surface area contributed by atoms with Crippen molar-refractivity contribution in [2.45, 2.75) is 11.8 Å². The topological polar surface area (TPSA) is 87.2 Å². The van der Waals surface area contributed by atoms with Crippen molar-refractivity contribution in [1.29, 1.82) is 0 Å². The van der Waals surface area contributed by atoms with Crippen molar-refractivity contribution in [1.82, 2.24) is 9.78 Å². The Morgan fingerprint density at radius 1 is 1.04 bits per heavy atom. The van der Waals surface area contributed by atoms with Crippen LogP contribution in [0.2, 0.25) is 0 Å². The van der Waals surface area contributed by atoms with Crippen LogP contribution in [-0.2, 0) is 10.0 Å². The average molecular weight is 343 g/mol. The summed E-state index contributed by atoms with van der Waals surface area (Å²) in [5.74, 6) is 0.777. The van der Waals surface area contributed by atoms with Crippen molar-refractivity contribution >= 4 is 10.0 Å². The molecule has 0 saturated carbocycles. The van der Waals surface area contributed by atoms with Gasteiger partial charge in [0.25, 0.3) is 0 Å². The Kier molecular flexibility index (Phi) is 4.13. The number of benzene rings is 2. The zero-order valence-electron chi connectivity index (χ0n) is 13.3. The summed E-state index contributed by atoms with van der Waals surface area (Å²) >= 11 is 0. The average Bonchev–Trinajstić information content (AvgIpc) is 2.96. The lowest BCUT2D eigenvalue weighted by Gasteiger charge is -2.09. The summed E-state index contributed by atoms with van der Waals surface area (Å²) in [6.07, 6.45) is 0. The van der Waals surface area contributed by atoms with E-state index in [0.717, 1.165) is 28.4 Å². The lowest BCUT2D eigenvalue weighted by Crippen LogP contribution is -2.12. The van der Waals surface area contributed by atoms with Crippen LogP contribution in [0.3, 0.4) is 0 Å². The van der Waals surface area contributed by atoms with E-state index in [1.54, 1.807) is 23.9 Å². The molecule has 0 aliphatic rings. The highest BCUT2D eigenvalue weighted by atomic mass is 32.2. The Balaban J connectivity index is 2.05. The molecular formula is C17H17N3O3S. The first kappa shape index (κ1) is 16.2. The number of nitrogens with zero attached hydrogens (tertiary/aromatic N) is 2. The lowest BCUT2D eigenvalue weighted by atomic mass is 10.1. The first-order valence-electron chi connectivity index (χ1n) is 7.23. The second kappa shape index (κ2) is 6.10. The van der Waals surface area contributed by atoms with E-state index in [4.69, 9.17) is 9.88 Å². The summed E-state index contributed by atoms with van der Waals surface area (Å²) in [5, 5.41) is 9.63. The highest BCUT2D eigenvalue weighted by Crippen LogP contribution is 2.26. The molecule has 2 N–H and O–H groups in total. The van der Waals surface area contributed by atoms with Gasteiger partial charge in [0, 0.05) is 5.56 Å². The highest BCUT2D eigenvalue weighted by molar-refractivity contribution is 7.89. The summed E-state index contributed by atoms with van der Waals surface area (Å²) < 4.78 is 29.7. The summed E-state index contributed by atoms with van der Waals surface area (Å²) in [6, 6.07) is 15.9. The largest absolute Gasteiger partial charge is 0.497 e.